The molecule has 0 aromatic heterocycles. The van der Waals surface area contributed by atoms with Crippen LogP contribution in [-0.4, -0.2) is 35.4 Å². The van der Waals surface area contributed by atoms with Crippen molar-refractivity contribution in [3.63, 3.8) is 0 Å². The summed E-state index contributed by atoms with van der Waals surface area (Å²) in [5.41, 5.74) is -1.47. The second-order valence-electron chi connectivity index (χ2n) is 4.64. The molecule has 15 heavy (non-hydrogen) atoms. The van der Waals surface area contributed by atoms with Crippen molar-refractivity contribution in [2.75, 3.05) is 7.11 Å². The number of aliphatic hydroxyl groups excluding tert-OH is 1. The summed E-state index contributed by atoms with van der Waals surface area (Å²) in [4.78, 5) is 11.9. The fourth-order valence-electron chi connectivity index (χ4n) is 0.927. The first-order chi connectivity index (χ1) is 6.69. The van der Waals surface area contributed by atoms with Crippen molar-refractivity contribution in [1.29, 1.82) is 0 Å². The van der Waals surface area contributed by atoms with E-state index in [0.29, 0.717) is 6.42 Å². The van der Waals surface area contributed by atoms with Gasteiger partial charge in [0.05, 0.1) is 11.6 Å². The monoisotopic (exact) mass is 217 g/mol. The average molecular weight is 217 g/mol. The summed E-state index contributed by atoms with van der Waals surface area (Å²) in [5, 5.41) is 12.3. The fourth-order valence-corrected chi connectivity index (χ4v) is 0.927. The van der Waals surface area contributed by atoms with E-state index in [4.69, 9.17) is 4.74 Å². The summed E-state index contributed by atoms with van der Waals surface area (Å²) in [6.45, 7) is 8.83. The Balaban J connectivity index is 4.62. The van der Waals surface area contributed by atoms with Gasteiger partial charge in [0.2, 0.25) is 0 Å². The third kappa shape index (κ3) is 3.47. The van der Waals surface area contributed by atoms with Crippen molar-refractivity contribution in [3.8, 4) is 0 Å². The van der Waals surface area contributed by atoms with E-state index in [9.17, 15) is 9.90 Å². The van der Waals surface area contributed by atoms with Gasteiger partial charge in [-0.25, -0.2) is 0 Å². The van der Waals surface area contributed by atoms with Gasteiger partial charge in [-0.05, 0) is 34.1 Å². The maximum atomic E-state index is 11.9. The second-order valence-corrected chi connectivity index (χ2v) is 4.64. The molecule has 0 aliphatic heterocycles. The molecule has 0 saturated heterocycles. The molecular weight excluding hydrogens is 194 g/mol. The lowest BCUT2D eigenvalue weighted by Gasteiger charge is -2.34. The van der Waals surface area contributed by atoms with Gasteiger partial charge in [-0.3, -0.25) is 4.79 Å². The highest BCUT2D eigenvalue weighted by atomic mass is 16.5. The van der Waals surface area contributed by atoms with Gasteiger partial charge < -0.3 is 15.2 Å². The molecule has 2 unspecified atom stereocenters. The van der Waals surface area contributed by atoms with Crippen LogP contribution in [0.3, 0.4) is 0 Å². The van der Waals surface area contributed by atoms with E-state index in [0.717, 1.165) is 0 Å². The zero-order valence-corrected chi connectivity index (χ0v) is 10.5. The summed E-state index contributed by atoms with van der Waals surface area (Å²) in [6.07, 6.45) is -0.0231. The lowest BCUT2D eigenvalue weighted by molar-refractivity contribution is -0.144. The Labute approximate surface area is 92.0 Å². The van der Waals surface area contributed by atoms with Crippen molar-refractivity contribution < 1.29 is 14.6 Å². The number of carbonyl (C=O) groups is 1. The van der Waals surface area contributed by atoms with E-state index in [-0.39, 0.29) is 5.91 Å². The normalized spacial score (nSPS) is 18.1. The highest BCUT2D eigenvalue weighted by Crippen LogP contribution is 2.17. The number of carbonyl (C=O) groups excluding carboxylic acids is 1. The lowest BCUT2D eigenvalue weighted by Crippen LogP contribution is -2.57. The van der Waals surface area contributed by atoms with Gasteiger partial charge in [-0.2, -0.15) is 0 Å². The molecule has 90 valence electrons. The van der Waals surface area contributed by atoms with Gasteiger partial charge in [0.1, 0.15) is 5.60 Å². The lowest BCUT2D eigenvalue weighted by atomic mass is 9.95. The predicted octanol–water partition coefficient (Wildman–Crippen LogP) is 1.08. The molecule has 0 aromatic rings. The Morgan fingerprint density at radius 3 is 2.20 bits per heavy atom. The van der Waals surface area contributed by atoms with Crippen LogP contribution in [0.4, 0.5) is 0 Å². The van der Waals surface area contributed by atoms with E-state index < -0.39 is 17.2 Å². The Kier molecular flexibility index (Phi) is 4.74. The molecule has 1 amide bonds. The fraction of sp³-hybridized carbons (Fsp3) is 0.909. The Bertz CT molecular complexity index is 220. The average Bonchev–Trinajstić information content (AvgIpc) is 2.15. The maximum absolute atomic E-state index is 11.9. The molecule has 0 aliphatic carbocycles. The molecule has 0 spiro atoms. The van der Waals surface area contributed by atoms with Crippen LogP contribution in [0.1, 0.15) is 41.0 Å². The summed E-state index contributed by atoms with van der Waals surface area (Å²) >= 11 is 0. The number of rotatable bonds is 5. The van der Waals surface area contributed by atoms with Crippen LogP contribution in [0.2, 0.25) is 0 Å². The van der Waals surface area contributed by atoms with Gasteiger partial charge in [-0.1, -0.05) is 6.92 Å². The van der Waals surface area contributed by atoms with Gasteiger partial charge in [-0.15, -0.1) is 0 Å². The number of aliphatic hydroxyl groups is 1. The summed E-state index contributed by atoms with van der Waals surface area (Å²) < 4.78 is 5.18. The number of methoxy groups -OCH3 is 1. The Hall–Kier alpha value is -0.610. The third-order valence-electron chi connectivity index (χ3n) is 3.09. The Morgan fingerprint density at radius 2 is 1.93 bits per heavy atom. The molecule has 0 saturated carbocycles. The minimum atomic E-state index is -0.827. The van der Waals surface area contributed by atoms with E-state index in [1.807, 2.05) is 6.92 Å². The molecule has 0 fully saturated rings. The summed E-state index contributed by atoms with van der Waals surface area (Å²) in [5.74, 6) is -0.196. The van der Waals surface area contributed by atoms with Crippen LogP contribution in [0.15, 0.2) is 0 Å². The Morgan fingerprint density at radius 1 is 1.47 bits per heavy atom. The molecule has 0 radical (unpaired) electrons. The molecule has 2 atom stereocenters. The molecular formula is C11H23NO3. The van der Waals surface area contributed by atoms with Crippen LogP contribution in [0.25, 0.3) is 0 Å². The van der Waals surface area contributed by atoms with Crippen molar-refractivity contribution in [2.24, 2.45) is 0 Å². The number of hydrogen-bond donors (Lipinski definition) is 2. The number of amides is 1. The minimum absolute atomic E-state index is 0.196. The topological polar surface area (TPSA) is 58.6 Å². The molecule has 4 heteroatoms. The molecule has 0 bridgehead atoms. The van der Waals surface area contributed by atoms with Crippen LogP contribution < -0.4 is 5.32 Å². The van der Waals surface area contributed by atoms with Crippen LogP contribution in [0.5, 0.6) is 0 Å². The van der Waals surface area contributed by atoms with Gasteiger partial charge in [0, 0.05) is 7.11 Å². The van der Waals surface area contributed by atoms with Crippen molar-refractivity contribution in [2.45, 2.75) is 58.3 Å². The largest absolute Gasteiger partial charge is 0.391 e. The first-order valence-corrected chi connectivity index (χ1v) is 5.25. The molecule has 0 aromatic carbocycles. The minimum Gasteiger partial charge on any atom is -0.391 e. The number of nitrogens with one attached hydrogen (secondary N) is 1. The van der Waals surface area contributed by atoms with Gasteiger partial charge in [0.15, 0.2) is 0 Å². The smallest absolute Gasteiger partial charge is 0.252 e. The predicted molar refractivity (Wildman–Crippen MR) is 59.6 cm³/mol. The summed E-state index contributed by atoms with van der Waals surface area (Å²) in [7, 11) is 1.51. The first kappa shape index (κ1) is 14.4. The zero-order chi connectivity index (χ0) is 12.3. The molecule has 2 N–H and O–H groups in total. The van der Waals surface area contributed by atoms with Gasteiger partial charge >= 0.3 is 0 Å². The first-order valence-electron chi connectivity index (χ1n) is 5.25. The van der Waals surface area contributed by atoms with E-state index in [1.165, 1.54) is 7.11 Å². The standard InChI is InChI=1S/C11H23NO3/c1-7-11(5,15-6)9(14)12-10(3,4)8(2)13/h8,13H,7H2,1-6H3,(H,12,14). The maximum Gasteiger partial charge on any atom is 0.252 e. The molecule has 0 aliphatic rings. The second kappa shape index (κ2) is 4.94. The van der Waals surface area contributed by atoms with E-state index in [1.54, 1.807) is 27.7 Å². The highest BCUT2D eigenvalue weighted by molar-refractivity contribution is 5.85. The summed E-state index contributed by atoms with van der Waals surface area (Å²) in [6, 6.07) is 0. The molecule has 0 rings (SSSR count). The van der Waals surface area contributed by atoms with E-state index in [2.05, 4.69) is 5.32 Å². The third-order valence-corrected chi connectivity index (χ3v) is 3.09. The van der Waals surface area contributed by atoms with Crippen molar-refractivity contribution in [3.05, 3.63) is 0 Å². The van der Waals surface area contributed by atoms with Gasteiger partial charge in [0.25, 0.3) is 5.91 Å². The number of ether oxygens (including phenoxy) is 1. The highest BCUT2D eigenvalue weighted by Gasteiger charge is 2.36. The molecule has 0 heterocycles. The van der Waals surface area contributed by atoms with E-state index >= 15 is 0 Å². The SMILES string of the molecule is CCC(C)(OC)C(=O)NC(C)(C)C(C)O. The van der Waals surface area contributed by atoms with Crippen molar-refractivity contribution in [1.82, 2.24) is 5.32 Å². The van der Waals surface area contributed by atoms with Crippen LogP contribution in [0, 0.1) is 0 Å². The molecule has 4 nitrogen and oxygen atoms in total. The number of hydrogen-bond acceptors (Lipinski definition) is 3. The van der Waals surface area contributed by atoms with Crippen LogP contribution in [-0.2, 0) is 9.53 Å². The zero-order valence-electron chi connectivity index (χ0n) is 10.5. The quantitative estimate of drug-likeness (QED) is 0.724. The van der Waals surface area contributed by atoms with Crippen molar-refractivity contribution >= 4 is 5.91 Å². The van der Waals surface area contributed by atoms with Crippen LogP contribution >= 0.6 is 0 Å².